The lowest BCUT2D eigenvalue weighted by molar-refractivity contribution is -0.141. The molecule has 1 aliphatic rings. The molecule has 1 heterocycles. The van der Waals surface area contributed by atoms with E-state index in [1.807, 2.05) is 24.3 Å². The summed E-state index contributed by atoms with van der Waals surface area (Å²) < 4.78 is 0. The van der Waals surface area contributed by atoms with Gasteiger partial charge in [-0.05, 0) is 18.1 Å². The number of carboxylic acids is 1. The SMILES string of the molecule is CC(CC1C(=O)N(C)c2ccccc21)C(=O)O. The fourth-order valence-corrected chi connectivity index (χ4v) is 2.26. The molecule has 1 aliphatic heterocycles. The predicted molar refractivity (Wildman–Crippen MR) is 64.0 cm³/mol. The van der Waals surface area contributed by atoms with Crippen LogP contribution in [-0.4, -0.2) is 24.0 Å². The number of likely N-dealkylation sites (N-methyl/N-ethyl adjacent to an activating group) is 1. The highest BCUT2D eigenvalue weighted by atomic mass is 16.4. The lowest BCUT2D eigenvalue weighted by Gasteiger charge is -2.13. The number of rotatable bonds is 3. The van der Waals surface area contributed by atoms with Gasteiger partial charge in [-0.15, -0.1) is 0 Å². The van der Waals surface area contributed by atoms with E-state index in [-0.39, 0.29) is 11.8 Å². The number of amides is 1. The number of nitrogens with zero attached hydrogens (tertiary/aromatic N) is 1. The molecule has 0 saturated carbocycles. The van der Waals surface area contributed by atoms with Crippen molar-refractivity contribution in [3.05, 3.63) is 29.8 Å². The second-order valence-corrected chi connectivity index (χ2v) is 4.48. The van der Waals surface area contributed by atoms with Crippen LogP contribution in [0.5, 0.6) is 0 Å². The molecule has 1 amide bonds. The molecular weight excluding hydrogens is 218 g/mol. The molecule has 4 nitrogen and oxygen atoms in total. The van der Waals surface area contributed by atoms with Crippen LogP contribution in [0.3, 0.4) is 0 Å². The quantitative estimate of drug-likeness (QED) is 0.866. The van der Waals surface area contributed by atoms with E-state index in [0.717, 1.165) is 11.3 Å². The van der Waals surface area contributed by atoms with E-state index in [4.69, 9.17) is 5.11 Å². The van der Waals surface area contributed by atoms with Crippen molar-refractivity contribution in [2.75, 3.05) is 11.9 Å². The van der Waals surface area contributed by atoms with Crippen LogP contribution in [-0.2, 0) is 9.59 Å². The van der Waals surface area contributed by atoms with E-state index in [1.54, 1.807) is 18.9 Å². The van der Waals surface area contributed by atoms with Crippen LogP contribution in [0.2, 0.25) is 0 Å². The van der Waals surface area contributed by atoms with E-state index < -0.39 is 11.9 Å². The highest BCUT2D eigenvalue weighted by Crippen LogP contribution is 2.39. The van der Waals surface area contributed by atoms with E-state index in [1.165, 1.54) is 0 Å². The lowest BCUT2D eigenvalue weighted by Crippen LogP contribution is -2.26. The summed E-state index contributed by atoms with van der Waals surface area (Å²) in [4.78, 5) is 24.5. The number of carboxylic acid groups (broad SMARTS) is 1. The van der Waals surface area contributed by atoms with Gasteiger partial charge in [0.2, 0.25) is 5.91 Å². The Morgan fingerprint density at radius 3 is 2.76 bits per heavy atom. The fraction of sp³-hybridized carbons (Fsp3) is 0.385. The van der Waals surface area contributed by atoms with Gasteiger partial charge in [-0.1, -0.05) is 25.1 Å². The summed E-state index contributed by atoms with van der Waals surface area (Å²) in [6.45, 7) is 1.64. The molecule has 1 aromatic carbocycles. The van der Waals surface area contributed by atoms with Gasteiger partial charge in [0.25, 0.3) is 0 Å². The van der Waals surface area contributed by atoms with Crippen molar-refractivity contribution in [1.82, 2.24) is 0 Å². The van der Waals surface area contributed by atoms with Crippen molar-refractivity contribution in [3.8, 4) is 0 Å². The number of benzene rings is 1. The molecule has 17 heavy (non-hydrogen) atoms. The Morgan fingerprint density at radius 2 is 2.12 bits per heavy atom. The summed E-state index contributed by atoms with van der Waals surface area (Å²) in [5, 5.41) is 8.92. The molecule has 4 heteroatoms. The Labute approximate surface area is 99.9 Å². The highest BCUT2D eigenvalue weighted by molar-refractivity contribution is 6.04. The molecule has 90 valence electrons. The number of fused-ring (bicyclic) bond motifs is 1. The number of anilines is 1. The first-order valence-electron chi connectivity index (χ1n) is 5.61. The number of hydrogen-bond acceptors (Lipinski definition) is 2. The van der Waals surface area contributed by atoms with Gasteiger partial charge in [-0.25, -0.2) is 0 Å². The minimum atomic E-state index is -0.857. The Morgan fingerprint density at radius 1 is 1.47 bits per heavy atom. The second kappa shape index (κ2) is 4.20. The van der Waals surface area contributed by atoms with Crippen LogP contribution in [0.25, 0.3) is 0 Å². The van der Waals surface area contributed by atoms with Crippen LogP contribution in [0.15, 0.2) is 24.3 Å². The summed E-state index contributed by atoms with van der Waals surface area (Å²) in [5.41, 5.74) is 1.83. The third kappa shape index (κ3) is 1.90. The molecule has 0 saturated heterocycles. The largest absolute Gasteiger partial charge is 0.481 e. The minimum Gasteiger partial charge on any atom is -0.481 e. The van der Waals surface area contributed by atoms with Crippen LogP contribution in [0.1, 0.15) is 24.8 Å². The number of aliphatic carboxylic acids is 1. The van der Waals surface area contributed by atoms with Crippen molar-refractivity contribution in [2.24, 2.45) is 5.92 Å². The third-order valence-corrected chi connectivity index (χ3v) is 3.31. The molecule has 0 bridgehead atoms. The first-order valence-corrected chi connectivity index (χ1v) is 5.61. The van der Waals surface area contributed by atoms with E-state index >= 15 is 0 Å². The van der Waals surface area contributed by atoms with Gasteiger partial charge in [0.1, 0.15) is 0 Å². The molecule has 0 fully saturated rings. The normalized spacial score (nSPS) is 20.2. The van der Waals surface area contributed by atoms with Crippen LogP contribution in [0.4, 0.5) is 5.69 Å². The summed E-state index contributed by atoms with van der Waals surface area (Å²) in [7, 11) is 1.73. The van der Waals surface area contributed by atoms with Gasteiger partial charge in [-0.3, -0.25) is 9.59 Å². The smallest absolute Gasteiger partial charge is 0.306 e. The van der Waals surface area contributed by atoms with Gasteiger partial charge in [0.15, 0.2) is 0 Å². The average Bonchev–Trinajstić information content (AvgIpc) is 2.55. The molecule has 1 N–H and O–H groups in total. The number of carbonyl (C=O) groups is 2. The zero-order valence-electron chi connectivity index (χ0n) is 9.88. The van der Waals surface area contributed by atoms with Crippen molar-refractivity contribution in [1.29, 1.82) is 0 Å². The molecule has 0 radical (unpaired) electrons. The molecule has 0 aliphatic carbocycles. The number of hydrogen-bond donors (Lipinski definition) is 1. The van der Waals surface area contributed by atoms with Crippen LogP contribution >= 0.6 is 0 Å². The van der Waals surface area contributed by atoms with Crippen LogP contribution < -0.4 is 4.90 Å². The van der Waals surface area contributed by atoms with Gasteiger partial charge < -0.3 is 10.0 Å². The Bertz CT molecular complexity index is 469. The second-order valence-electron chi connectivity index (χ2n) is 4.48. The summed E-state index contributed by atoms with van der Waals surface area (Å²) >= 11 is 0. The maximum Gasteiger partial charge on any atom is 0.306 e. The minimum absolute atomic E-state index is 0.0145. The van der Waals surface area contributed by atoms with Crippen molar-refractivity contribution >= 4 is 17.6 Å². The Kier molecular flexibility index (Phi) is 2.88. The first kappa shape index (κ1) is 11.6. The standard InChI is InChI=1S/C13H15NO3/c1-8(13(16)17)7-10-9-5-3-4-6-11(9)14(2)12(10)15/h3-6,8,10H,7H2,1-2H3,(H,16,17). The summed E-state index contributed by atoms with van der Waals surface area (Å²) in [5.74, 6) is -1.70. The molecule has 0 spiro atoms. The first-order chi connectivity index (χ1) is 8.02. The van der Waals surface area contributed by atoms with Crippen molar-refractivity contribution in [3.63, 3.8) is 0 Å². The lowest BCUT2D eigenvalue weighted by atomic mass is 9.91. The molecule has 1 aromatic rings. The molecular formula is C13H15NO3. The molecule has 0 aromatic heterocycles. The zero-order chi connectivity index (χ0) is 12.6. The third-order valence-electron chi connectivity index (χ3n) is 3.31. The maximum absolute atomic E-state index is 12.1. The van der Waals surface area contributed by atoms with Crippen molar-refractivity contribution in [2.45, 2.75) is 19.3 Å². The average molecular weight is 233 g/mol. The van der Waals surface area contributed by atoms with Gasteiger partial charge >= 0.3 is 5.97 Å². The van der Waals surface area contributed by atoms with Gasteiger partial charge in [0, 0.05) is 12.7 Å². The van der Waals surface area contributed by atoms with Gasteiger partial charge in [0.05, 0.1) is 11.8 Å². The monoisotopic (exact) mass is 233 g/mol. The Balaban J connectivity index is 2.30. The van der Waals surface area contributed by atoms with E-state index in [9.17, 15) is 9.59 Å². The number of carbonyl (C=O) groups excluding carboxylic acids is 1. The van der Waals surface area contributed by atoms with E-state index in [0.29, 0.717) is 6.42 Å². The fourth-order valence-electron chi connectivity index (χ4n) is 2.26. The number of para-hydroxylation sites is 1. The van der Waals surface area contributed by atoms with Crippen LogP contribution in [0, 0.1) is 5.92 Å². The predicted octanol–water partition coefficient (Wildman–Crippen LogP) is 1.86. The zero-order valence-corrected chi connectivity index (χ0v) is 9.88. The summed E-state index contributed by atoms with van der Waals surface area (Å²) in [6.07, 6.45) is 0.357. The van der Waals surface area contributed by atoms with E-state index in [2.05, 4.69) is 0 Å². The molecule has 2 atom stereocenters. The molecule has 2 rings (SSSR count). The maximum atomic E-state index is 12.1. The topological polar surface area (TPSA) is 57.6 Å². The molecule has 2 unspecified atom stereocenters. The Hall–Kier alpha value is -1.84. The highest BCUT2D eigenvalue weighted by Gasteiger charge is 2.36. The van der Waals surface area contributed by atoms with Crippen molar-refractivity contribution < 1.29 is 14.7 Å². The summed E-state index contributed by atoms with van der Waals surface area (Å²) in [6, 6.07) is 7.55. The van der Waals surface area contributed by atoms with Gasteiger partial charge in [-0.2, -0.15) is 0 Å².